The molecular weight excluding hydrogens is 644 g/mol. The van der Waals surface area contributed by atoms with E-state index in [9.17, 15) is 24.3 Å². The number of carbonyl (C=O) groups is 4. The van der Waals surface area contributed by atoms with Gasteiger partial charge in [-0.3, -0.25) is 19.3 Å². The average molecular weight is 701 g/mol. The van der Waals surface area contributed by atoms with Gasteiger partial charge >= 0.3 is 6.09 Å². The van der Waals surface area contributed by atoms with Crippen LogP contribution in [0.2, 0.25) is 0 Å². The van der Waals surface area contributed by atoms with Gasteiger partial charge in [0.2, 0.25) is 17.7 Å². The Labute approximate surface area is 303 Å². The highest BCUT2D eigenvalue weighted by Gasteiger charge is 2.36. The molecule has 4 amide bonds. The summed E-state index contributed by atoms with van der Waals surface area (Å²) in [4.78, 5) is 56.0. The van der Waals surface area contributed by atoms with Gasteiger partial charge in [0.15, 0.2) is 0 Å². The zero-order valence-corrected chi connectivity index (χ0v) is 31.1. The summed E-state index contributed by atoms with van der Waals surface area (Å²) in [5, 5.41) is 21.6. The lowest BCUT2D eigenvalue weighted by molar-refractivity contribution is -0.128. The molecule has 0 aliphatic heterocycles. The molecule has 51 heavy (non-hydrogen) atoms. The zero-order chi connectivity index (χ0) is 37.5. The number of aliphatic hydroxyl groups excluding tert-OH is 1. The number of hydrogen-bond acceptors (Lipinski definition) is 6. The summed E-state index contributed by atoms with van der Waals surface area (Å²) in [6.07, 6.45) is 1.73. The predicted molar refractivity (Wildman–Crippen MR) is 203 cm³/mol. The van der Waals surface area contributed by atoms with Crippen molar-refractivity contribution in [1.29, 1.82) is 0 Å². The third-order valence-corrected chi connectivity index (χ3v) is 8.54. The van der Waals surface area contributed by atoms with Crippen molar-refractivity contribution in [2.24, 2.45) is 11.8 Å². The molecule has 0 aromatic heterocycles. The maximum atomic E-state index is 14.5. The van der Waals surface area contributed by atoms with Crippen LogP contribution in [0, 0.1) is 11.8 Å². The van der Waals surface area contributed by atoms with E-state index in [0.717, 1.165) is 22.8 Å². The largest absolute Gasteiger partial charge is 0.445 e. The summed E-state index contributed by atoms with van der Waals surface area (Å²) >= 11 is 0. The molecule has 0 saturated heterocycles. The molecule has 276 valence electrons. The van der Waals surface area contributed by atoms with Crippen molar-refractivity contribution < 1.29 is 29.0 Å². The number of alkyl carbamates (subject to hydrolysis) is 1. The minimum absolute atomic E-state index is 0.0367. The molecule has 10 nitrogen and oxygen atoms in total. The summed E-state index contributed by atoms with van der Waals surface area (Å²) in [6, 6.07) is 19.7. The second kappa shape index (κ2) is 20.2. The quantitative estimate of drug-likeness (QED) is 0.110. The standard InChI is InChI=1S/C41H56N4O6/c1-8-9-21-36(39(48)44-34(23-27(2)3)37(46)24-29(6)38(47)42-25-28(4)5)45(35-22-15-19-32-18-13-14-20-33(32)35)40(49)30(7)43-41(50)51-26-31-16-11-10-12-17-31/h10-20,22,24,27-28,30,34,36-37,46H,8-9,21,23,25-26H2,1-7H3,(H,42,47)(H,43,50)(H,44,48)/b29-24+/t30-,34-,36-,37-/m0/s1. The van der Waals surface area contributed by atoms with Crippen LogP contribution in [0.5, 0.6) is 0 Å². The number of rotatable bonds is 18. The molecule has 4 atom stereocenters. The van der Waals surface area contributed by atoms with Gasteiger partial charge in [0.1, 0.15) is 18.7 Å². The number of fused-ring (bicyclic) bond motifs is 1. The maximum absolute atomic E-state index is 14.5. The van der Waals surface area contributed by atoms with Crippen molar-refractivity contribution in [1.82, 2.24) is 16.0 Å². The first-order chi connectivity index (χ1) is 24.3. The van der Waals surface area contributed by atoms with Gasteiger partial charge in [0, 0.05) is 17.5 Å². The molecule has 0 aliphatic rings. The normalized spacial score (nSPS) is 14.0. The van der Waals surface area contributed by atoms with Crippen LogP contribution >= 0.6 is 0 Å². The third kappa shape index (κ3) is 12.5. The van der Waals surface area contributed by atoms with Gasteiger partial charge in [-0.05, 0) is 61.6 Å². The van der Waals surface area contributed by atoms with E-state index in [1.807, 2.05) is 101 Å². The molecule has 0 fully saturated rings. The van der Waals surface area contributed by atoms with Gasteiger partial charge in [-0.15, -0.1) is 0 Å². The van der Waals surface area contributed by atoms with Crippen molar-refractivity contribution >= 4 is 40.3 Å². The van der Waals surface area contributed by atoms with Crippen molar-refractivity contribution in [3.63, 3.8) is 0 Å². The fourth-order valence-electron chi connectivity index (χ4n) is 5.80. The Morgan fingerprint density at radius 3 is 2.20 bits per heavy atom. The maximum Gasteiger partial charge on any atom is 0.408 e. The number of anilines is 1. The first-order valence-corrected chi connectivity index (χ1v) is 18.0. The van der Waals surface area contributed by atoms with Crippen LogP contribution in [0.15, 0.2) is 84.4 Å². The Morgan fingerprint density at radius 1 is 0.863 bits per heavy atom. The third-order valence-electron chi connectivity index (χ3n) is 8.54. The molecule has 0 unspecified atom stereocenters. The lowest BCUT2D eigenvalue weighted by Crippen LogP contribution is -2.58. The first-order valence-electron chi connectivity index (χ1n) is 18.0. The van der Waals surface area contributed by atoms with Crippen LogP contribution in [0.1, 0.15) is 79.7 Å². The van der Waals surface area contributed by atoms with Gasteiger partial charge < -0.3 is 25.8 Å². The number of nitrogens with one attached hydrogen (secondary N) is 3. The van der Waals surface area contributed by atoms with Crippen molar-refractivity contribution in [2.75, 3.05) is 11.4 Å². The Bertz CT molecular complexity index is 1620. The monoisotopic (exact) mass is 700 g/mol. The molecule has 0 heterocycles. The van der Waals surface area contributed by atoms with Crippen LogP contribution < -0.4 is 20.9 Å². The fraction of sp³-hybridized carbons (Fsp3) is 0.463. The Hall–Kier alpha value is -4.70. The smallest absolute Gasteiger partial charge is 0.408 e. The van der Waals surface area contributed by atoms with Gasteiger partial charge in [0.25, 0.3) is 0 Å². The summed E-state index contributed by atoms with van der Waals surface area (Å²) in [5.74, 6) is -0.842. The SMILES string of the molecule is CCCC[C@@H](C(=O)N[C@@H](CC(C)C)[C@@H](O)/C=C(\C)C(=O)NCC(C)C)N(C(=O)[C@H](C)NC(=O)OCc1ccccc1)c1cccc2ccccc12. The van der Waals surface area contributed by atoms with Gasteiger partial charge in [-0.2, -0.15) is 0 Å². The van der Waals surface area contributed by atoms with Crippen LogP contribution in [0.4, 0.5) is 10.5 Å². The van der Waals surface area contributed by atoms with E-state index in [1.165, 1.54) is 11.0 Å². The fourth-order valence-corrected chi connectivity index (χ4v) is 5.80. The van der Waals surface area contributed by atoms with E-state index >= 15 is 0 Å². The van der Waals surface area contributed by atoms with Crippen LogP contribution in [-0.4, -0.2) is 59.7 Å². The van der Waals surface area contributed by atoms with Crippen molar-refractivity contribution in [3.05, 3.63) is 90.0 Å². The number of nitrogens with zero attached hydrogens (tertiary/aromatic N) is 1. The minimum atomic E-state index is -1.16. The highest BCUT2D eigenvalue weighted by molar-refractivity contribution is 6.09. The van der Waals surface area contributed by atoms with E-state index in [0.29, 0.717) is 37.1 Å². The molecule has 0 spiro atoms. The van der Waals surface area contributed by atoms with Crippen LogP contribution in [0.25, 0.3) is 10.8 Å². The molecule has 3 aromatic carbocycles. The van der Waals surface area contributed by atoms with Crippen LogP contribution in [-0.2, 0) is 25.7 Å². The van der Waals surface area contributed by atoms with E-state index in [4.69, 9.17) is 4.74 Å². The molecule has 10 heteroatoms. The zero-order valence-electron chi connectivity index (χ0n) is 31.1. The summed E-state index contributed by atoms with van der Waals surface area (Å²) in [5.41, 5.74) is 1.68. The first kappa shape index (κ1) is 40.7. The molecule has 0 bridgehead atoms. The summed E-state index contributed by atoms with van der Waals surface area (Å²) in [7, 11) is 0. The number of hydrogen-bond donors (Lipinski definition) is 4. The van der Waals surface area contributed by atoms with E-state index in [2.05, 4.69) is 16.0 Å². The van der Waals surface area contributed by atoms with Crippen molar-refractivity contribution in [3.8, 4) is 0 Å². The Balaban J connectivity index is 1.98. The lowest BCUT2D eigenvalue weighted by Gasteiger charge is -2.35. The molecule has 0 saturated carbocycles. The number of carbonyl (C=O) groups excluding carboxylic acids is 4. The second-order valence-electron chi connectivity index (χ2n) is 14.0. The van der Waals surface area contributed by atoms with Crippen LogP contribution in [0.3, 0.4) is 0 Å². The van der Waals surface area contributed by atoms with Crippen molar-refractivity contribution in [2.45, 2.75) is 105 Å². The molecular formula is C41H56N4O6. The van der Waals surface area contributed by atoms with Gasteiger partial charge in [0.05, 0.1) is 17.8 Å². The summed E-state index contributed by atoms with van der Waals surface area (Å²) in [6.45, 7) is 13.7. The predicted octanol–water partition coefficient (Wildman–Crippen LogP) is 6.66. The van der Waals surface area contributed by atoms with Gasteiger partial charge in [-0.25, -0.2) is 4.79 Å². The van der Waals surface area contributed by atoms with E-state index in [1.54, 1.807) is 19.9 Å². The highest BCUT2D eigenvalue weighted by Crippen LogP contribution is 2.30. The number of amides is 4. The lowest BCUT2D eigenvalue weighted by atomic mass is 9.96. The number of ether oxygens (including phenoxy) is 1. The highest BCUT2D eigenvalue weighted by atomic mass is 16.5. The number of benzene rings is 3. The second-order valence-corrected chi connectivity index (χ2v) is 14.0. The van der Waals surface area contributed by atoms with Gasteiger partial charge in [-0.1, -0.05) is 114 Å². The summed E-state index contributed by atoms with van der Waals surface area (Å²) < 4.78 is 5.41. The number of unbranched alkanes of at least 4 members (excludes halogenated alkanes) is 1. The molecule has 3 aromatic rings. The van der Waals surface area contributed by atoms with E-state index in [-0.39, 0.29) is 24.3 Å². The molecule has 4 N–H and O–H groups in total. The topological polar surface area (TPSA) is 137 Å². The minimum Gasteiger partial charge on any atom is -0.445 e. The van der Waals surface area contributed by atoms with E-state index < -0.39 is 42.1 Å². The average Bonchev–Trinajstić information content (AvgIpc) is 3.10. The number of aliphatic hydroxyl groups is 1. The molecule has 0 aliphatic carbocycles. The Kier molecular flexibility index (Phi) is 16.2. The Morgan fingerprint density at radius 2 is 1.53 bits per heavy atom. The molecule has 3 rings (SSSR count). The molecule has 0 radical (unpaired) electrons.